The van der Waals surface area contributed by atoms with Gasteiger partial charge in [0.2, 0.25) is 0 Å². The highest BCUT2D eigenvalue weighted by Crippen LogP contribution is 2.29. The summed E-state index contributed by atoms with van der Waals surface area (Å²) in [6, 6.07) is 8.30. The van der Waals surface area contributed by atoms with Crippen LogP contribution in [0.15, 0.2) is 24.3 Å². The van der Waals surface area contributed by atoms with E-state index >= 15 is 0 Å². The molecule has 0 aromatic heterocycles. The third kappa shape index (κ3) is 2.96. The molecule has 1 aliphatic heterocycles. The molecule has 0 spiro atoms. The Morgan fingerprint density at radius 3 is 2.90 bits per heavy atom. The summed E-state index contributed by atoms with van der Waals surface area (Å²) in [5.41, 5.74) is 2.54. The molecule has 2 unspecified atom stereocenters. The zero-order chi connectivity index (χ0) is 14.1. The first-order chi connectivity index (χ1) is 9.63. The van der Waals surface area contributed by atoms with Crippen LogP contribution in [0.4, 0.5) is 5.69 Å². The van der Waals surface area contributed by atoms with Crippen molar-refractivity contribution >= 4 is 11.7 Å². The van der Waals surface area contributed by atoms with Gasteiger partial charge in [0.15, 0.2) is 0 Å². The van der Waals surface area contributed by atoms with Crippen LogP contribution in [0.3, 0.4) is 0 Å². The molecule has 1 aromatic carbocycles. The van der Waals surface area contributed by atoms with Crippen LogP contribution < -0.4 is 10.2 Å². The molecule has 2 atom stereocenters. The van der Waals surface area contributed by atoms with Gasteiger partial charge in [-0.15, -0.1) is 0 Å². The molecule has 0 bridgehead atoms. The molecule has 3 rings (SSSR count). The average molecular weight is 274 g/mol. The van der Waals surface area contributed by atoms with E-state index in [1.54, 1.807) is 0 Å². The number of para-hydroxylation sites is 1. The lowest BCUT2D eigenvalue weighted by Crippen LogP contribution is -2.49. The van der Waals surface area contributed by atoms with Crippen molar-refractivity contribution < 1.29 is 9.90 Å². The van der Waals surface area contributed by atoms with Crippen molar-refractivity contribution in [1.82, 2.24) is 5.32 Å². The molecule has 2 N–H and O–H groups in total. The van der Waals surface area contributed by atoms with Crippen molar-refractivity contribution in [1.29, 1.82) is 0 Å². The number of carboxylic acid groups (broad SMARTS) is 1. The number of benzene rings is 1. The van der Waals surface area contributed by atoms with Gasteiger partial charge in [-0.1, -0.05) is 25.1 Å². The molecule has 4 nitrogen and oxygen atoms in total. The van der Waals surface area contributed by atoms with Crippen LogP contribution in [0.5, 0.6) is 0 Å². The van der Waals surface area contributed by atoms with Crippen LogP contribution in [0.25, 0.3) is 0 Å². The quantitative estimate of drug-likeness (QED) is 0.861. The highest BCUT2D eigenvalue weighted by Gasteiger charge is 2.31. The Hall–Kier alpha value is -1.55. The molecule has 1 aliphatic carbocycles. The van der Waals surface area contributed by atoms with Crippen molar-refractivity contribution in [2.75, 3.05) is 18.0 Å². The van der Waals surface area contributed by atoms with Crippen molar-refractivity contribution in [2.45, 2.75) is 38.3 Å². The number of carbonyl (C=O) groups is 1. The van der Waals surface area contributed by atoms with Gasteiger partial charge in [-0.25, -0.2) is 0 Å². The Morgan fingerprint density at radius 1 is 1.45 bits per heavy atom. The fourth-order valence-corrected chi connectivity index (χ4v) is 3.04. The molecule has 20 heavy (non-hydrogen) atoms. The molecule has 1 heterocycles. The minimum absolute atomic E-state index is 0.411. The van der Waals surface area contributed by atoms with Gasteiger partial charge in [0.05, 0.1) is 0 Å². The van der Waals surface area contributed by atoms with Crippen LogP contribution >= 0.6 is 0 Å². The van der Waals surface area contributed by atoms with E-state index in [2.05, 4.69) is 35.3 Å². The molecule has 108 valence electrons. The van der Waals surface area contributed by atoms with Gasteiger partial charge in [-0.3, -0.25) is 4.79 Å². The fraction of sp³-hybridized carbons (Fsp3) is 0.562. The summed E-state index contributed by atoms with van der Waals surface area (Å²) in [7, 11) is 0. The van der Waals surface area contributed by atoms with Crippen molar-refractivity contribution in [2.24, 2.45) is 5.92 Å². The summed E-state index contributed by atoms with van der Waals surface area (Å²) in [4.78, 5) is 13.7. The third-order valence-corrected chi connectivity index (χ3v) is 4.15. The Morgan fingerprint density at radius 2 is 2.20 bits per heavy atom. The SMILES string of the molecule is CC1Cc2ccccc2N(CC(NC2CC2)C(=O)O)C1. The molecule has 1 saturated carbocycles. The molecule has 1 fully saturated rings. The van der Waals surface area contributed by atoms with Crippen LogP contribution in [0.2, 0.25) is 0 Å². The summed E-state index contributed by atoms with van der Waals surface area (Å²) in [6.45, 7) is 3.72. The Labute approximate surface area is 119 Å². The minimum Gasteiger partial charge on any atom is -0.480 e. The van der Waals surface area contributed by atoms with Gasteiger partial charge >= 0.3 is 5.97 Å². The number of nitrogens with zero attached hydrogens (tertiary/aromatic N) is 1. The van der Waals surface area contributed by atoms with Crippen LogP contribution in [0, 0.1) is 5.92 Å². The van der Waals surface area contributed by atoms with E-state index in [4.69, 9.17) is 0 Å². The van der Waals surface area contributed by atoms with Crippen molar-refractivity contribution in [3.05, 3.63) is 29.8 Å². The predicted molar refractivity (Wildman–Crippen MR) is 79.1 cm³/mol. The lowest BCUT2D eigenvalue weighted by molar-refractivity contribution is -0.139. The van der Waals surface area contributed by atoms with E-state index in [0.29, 0.717) is 18.5 Å². The second-order valence-electron chi connectivity index (χ2n) is 6.17. The van der Waals surface area contributed by atoms with E-state index in [0.717, 1.165) is 25.8 Å². The molecule has 0 amide bonds. The van der Waals surface area contributed by atoms with Gasteiger partial charge < -0.3 is 15.3 Å². The number of fused-ring (bicyclic) bond motifs is 1. The monoisotopic (exact) mass is 274 g/mol. The third-order valence-electron chi connectivity index (χ3n) is 4.15. The first kappa shape index (κ1) is 13.4. The molecular weight excluding hydrogens is 252 g/mol. The standard InChI is InChI=1S/C16H22N2O2/c1-11-8-12-4-2-3-5-15(12)18(9-11)10-14(16(19)20)17-13-6-7-13/h2-5,11,13-14,17H,6-10H2,1H3,(H,19,20). The number of aliphatic carboxylic acids is 1. The maximum absolute atomic E-state index is 11.4. The summed E-state index contributed by atoms with van der Waals surface area (Å²) in [5.74, 6) is -0.173. The zero-order valence-electron chi connectivity index (χ0n) is 11.9. The van der Waals surface area contributed by atoms with Crippen molar-refractivity contribution in [3.63, 3.8) is 0 Å². The largest absolute Gasteiger partial charge is 0.480 e. The molecule has 0 radical (unpaired) electrons. The van der Waals surface area contributed by atoms with E-state index in [9.17, 15) is 9.90 Å². The van der Waals surface area contributed by atoms with E-state index in [1.807, 2.05) is 6.07 Å². The predicted octanol–water partition coefficient (Wildman–Crippen LogP) is 1.89. The van der Waals surface area contributed by atoms with Gasteiger partial charge in [-0.05, 0) is 36.8 Å². The van der Waals surface area contributed by atoms with Crippen LogP contribution in [-0.2, 0) is 11.2 Å². The molecule has 4 heteroatoms. The van der Waals surface area contributed by atoms with Gasteiger partial charge in [0.25, 0.3) is 0 Å². The summed E-state index contributed by atoms with van der Waals surface area (Å²) in [6.07, 6.45) is 3.30. The topological polar surface area (TPSA) is 52.6 Å². The highest BCUT2D eigenvalue weighted by molar-refractivity contribution is 5.75. The summed E-state index contributed by atoms with van der Waals surface area (Å²) < 4.78 is 0. The number of nitrogens with one attached hydrogen (secondary N) is 1. The lowest BCUT2D eigenvalue weighted by atomic mass is 9.93. The van der Waals surface area contributed by atoms with Crippen LogP contribution in [-0.4, -0.2) is 36.2 Å². The normalized spacial score (nSPS) is 23.2. The zero-order valence-corrected chi connectivity index (χ0v) is 11.9. The van der Waals surface area contributed by atoms with Gasteiger partial charge in [0.1, 0.15) is 6.04 Å². The van der Waals surface area contributed by atoms with E-state index in [-0.39, 0.29) is 0 Å². The Balaban J connectivity index is 1.76. The first-order valence-electron chi connectivity index (χ1n) is 7.45. The summed E-state index contributed by atoms with van der Waals surface area (Å²) >= 11 is 0. The number of hydrogen-bond acceptors (Lipinski definition) is 3. The van der Waals surface area contributed by atoms with E-state index < -0.39 is 12.0 Å². The van der Waals surface area contributed by atoms with E-state index in [1.165, 1.54) is 11.3 Å². The Kier molecular flexibility index (Phi) is 3.66. The highest BCUT2D eigenvalue weighted by atomic mass is 16.4. The second kappa shape index (κ2) is 5.44. The number of hydrogen-bond donors (Lipinski definition) is 2. The lowest BCUT2D eigenvalue weighted by Gasteiger charge is -2.36. The average Bonchev–Trinajstić information content (AvgIpc) is 3.21. The minimum atomic E-state index is -0.743. The number of anilines is 1. The van der Waals surface area contributed by atoms with Gasteiger partial charge in [-0.2, -0.15) is 0 Å². The molecule has 1 aromatic rings. The maximum Gasteiger partial charge on any atom is 0.322 e. The van der Waals surface area contributed by atoms with Gasteiger partial charge in [0, 0.05) is 24.8 Å². The summed E-state index contributed by atoms with van der Waals surface area (Å²) in [5, 5.41) is 12.6. The number of carboxylic acids is 1. The molecular formula is C16H22N2O2. The van der Waals surface area contributed by atoms with Crippen molar-refractivity contribution in [3.8, 4) is 0 Å². The second-order valence-corrected chi connectivity index (χ2v) is 6.17. The number of rotatable bonds is 5. The maximum atomic E-state index is 11.4. The Bertz CT molecular complexity index is 499. The smallest absolute Gasteiger partial charge is 0.322 e. The first-order valence-corrected chi connectivity index (χ1v) is 7.45. The molecule has 2 aliphatic rings. The van der Waals surface area contributed by atoms with Crippen LogP contribution in [0.1, 0.15) is 25.3 Å². The fourth-order valence-electron chi connectivity index (χ4n) is 3.04. The molecule has 0 saturated heterocycles.